The van der Waals surface area contributed by atoms with Crippen molar-refractivity contribution in [3.05, 3.63) is 64.7 Å². The minimum absolute atomic E-state index is 0.0456. The van der Waals surface area contributed by atoms with E-state index in [1.165, 1.54) is 12.1 Å². The Morgan fingerprint density at radius 2 is 1.85 bits per heavy atom. The minimum Gasteiger partial charge on any atom is -0.478 e. The van der Waals surface area contributed by atoms with Gasteiger partial charge in [0.1, 0.15) is 5.75 Å². The zero-order valence-electron chi connectivity index (χ0n) is 13.8. The molecule has 0 fully saturated rings. The lowest BCUT2D eigenvalue weighted by Crippen LogP contribution is -2.37. The van der Waals surface area contributed by atoms with E-state index in [-0.39, 0.29) is 23.6 Å². The number of hydrogen-bond acceptors (Lipinski definition) is 3. The van der Waals surface area contributed by atoms with Gasteiger partial charge in [0, 0.05) is 13.1 Å². The number of carbonyl (C=O) groups is 2. The van der Waals surface area contributed by atoms with Crippen molar-refractivity contribution in [3.63, 3.8) is 0 Å². The molecule has 3 rings (SSSR count). The summed E-state index contributed by atoms with van der Waals surface area (Å²) in [5.41, 5.74) is 2.78. The van der Waals surface area contributed by atoms with Gasteiger partial charge in [-0.3, -0.25) is 4.79 Å². The topological polar surface area (TPSA) is 66.8 Å². The van der Waals surface area contributed by atoms with Gasteiger partial charge in [0.15, 0.2) is 0 Å². The average molecular weight is 361 g/mol. The summed E-state index contributed by atoms with van der Waals surface area (Å²) in [7, 11) is 0. The molecule has 0 aromatic heterocycles. The van der Waals surface area contributed by atoms with Crippen LogP contribution < -0.4 is 4.74 Å². The SMILES string of the molecule is O=C(O)c1ccc2c(c1)CN(C(=O)Cc1ccc(OC(F)F)cc1)CC2. The van der Waals surface area contributed by atoms with Crippen LogP contribution in [0.3, 0.4) is 0 Å². The second-order valence-corrected chi connectivity index (χ2v) is 6.05. The summed E-state index contributed by atoms with van der Waals surface area (Å²) < 4.78 is 28.6. The van der Waals surface area contributed by atoms with Gasteiger partial charge in [0.25, 0.3) is 0 Å². The number of carboxylic acids is 1. The molecule has 136 valence electrons. The fourth-order valence-corrected chi connectivity index (χ4v) is 2.98. The normalized spacial score (nSPS) is 13.4. The highest BCUT2D eigenvalue weighted by atomic mass is 19.3. The number of ether oxygens (including phenoxy) is 1. The Hall–Kier alpha value is -2.96. The number of nitrogens with zero attached hydrogens (tertiary/aromatic N) is 1. The van der Waals surface area contributed by atoms with E-state index >= 15 is 0 Å². The van der Waals surface area contributed by atoms with Crippen LogP contribution in [-0.4, -0.2) is 35.0 Å². The summed E-state index contributed by atoms with van der Waals surface area (Å²) in [4.78, 5) is 25.3. The highest BCUT2D eigenvalue weighted by molar-refractivity contribution is 5.88. The van der Waals surface area contributed by atoms with E-state index in [1.807, 2.05) is 0 Å². The number of rotatable bonds is 5. The van der Waals surface area contributed by atoms with Crippen molar-refractivity contribution >= 4 is 11.9 Å². The third-order valence-electron chi connectivity index (χ3n) is 4.32. The molecule has 0 unspecified atom stereocenters. The molecule has 0 spiro atoms. The van der Waals surface area contributed by atoms with Crippen molar-refractivity contribution in [3.8, 4) is 5.75 Å². The maximum Gasteiger partial charge on any atom is 0.387 e. The van der Waals surface area contributed by atoms with Crippen molar-refractivity contribution in [1.29, 1.82) is 0 Å². The van der Waals surface area contributed by atoms with Crippen LogP contribution in [0.4, 0.5) is 8.78 Å². The quantitative estimate of drug-likeness (QED) is 0.889. The fraction of sp³-hybridized carbons (Fsp3) is 0.263. The number of carboxylic acid groups (broad SMARTS) is 1. The minimum atomic E-state index is -2.88. The first-order valence-corrected chi connectivity index (χ1v) is 8.09. The van der Waals surface area contributed by atoms with E-state index in [4.69, 9.17) is 5.11 Å². The molecule has 0 aliphatic carbocycles. The van der Waals surface area contributed by atoms with Crippen LogP contribution >= 0.6 is 0 Å². The predicted octanol–water partition coefficient (Wildman–Crippen LogP) is 3.11. The van der Waals surface area contributed by atoms with Crippen LogP contribution in [0.15, 0.2) is 42.5 Å². The highest BCUT2D eigenvalue weighted by Crippen LogP contribution is 2.22. The Balaban J connectivity index is 1.65. The van der Waals surface area contributed by atoms with E-state index < -0.39 is 12.6 Å². The molecule has 1 aliphatic rings. The Labute approximate surface area is 148 Å². The second-order valence-electron chi connectivity index (χ2n) is 6.05. The Kier molecular flexibility index (Phi) is 5.16. The molecule has 7 heteroatoms. The lowest BCUT2D eigenvalue weighted by atomic mass is 9.97. The molecular weight excluding hydrogens is 344 g/mol. The van der Waals surface area contributed by atoms with Gasteiger partial charge in [-0.1, -0.05) is 18.2 Å². The standard InChI is InChI=1S/C19H17F2NO4/c20-19(21)26-16-5-1-12(2-6-16)9-17(23)22-8-7-13-3-4-14(18(24)25)10-15(13)11-22/h1-6,10,19H,7-9,11H2,(H,24,25). The summed E-state index contributed by atoms with van der Waals surface area (Å²) in [5.74, 6) is -1.05. The molecule has 1 heterocycles. The zero-order valence-corrected chi connectivity index (χ0v) is 13.8. The van der Waals surface area contributed by atoms with Crippen molar-refractivity contribution in [1.82, 2.24) is 4.90 Å². The molecule has 0 saturated heterocycles. The van der Waals surface area contributed by atoms with Gasteiger partial charge >= 0.3 is 12.6 Å². The molecular formula is C19H17F2NO4. The highest BCUT2D eigenvalue weighted by Gasteiger charge is 2.22. The summed E-state index contributed by atoms with van der Waals surface area (Å²) in [6.07, 6.45) is 0.811. The molecule has 0 atom stereocenters. The molecule has 0 saturated carbocycles. The van der Waals surface area contributed by atoms with Crippen molar-refractivity contribution in [2.45, 2.75) is 26.0 Å². The maximum absolute atomic E-state index is 12.5. The van der Waals surface area contributed by atoms with E-state index in [0.717, 1.165) is 11.1 Å². The fourth-order valence-electron chi connectivity index (χ4n) is 2.98. The molecule has 1 aliphatic heterocycles. The van der Waals surface area contributed by atoms with E-state index in [2.05, 4.69) is 4.74 Å². The second kappa shape index (κ2) is 7.51. The number of amides is 1. The zero-order chi connectivity index (χ0) is 18.7. The molecule has 2 aromatic carbocycles. The Morgan fingerprint density at radius 3 is 2.50 bits per heavy atom. The van der Waals surface area contributed by atoms with Gasteiger partial charge in [-0.15, -0.1) is 0 Å². The van der Waals surface area contributed by atoms with E-state index in [1.54, 1.807) is 35.2 Å². The summed E-state index contributed by atoms with van der Waals surface area (Å²) >= 11 is 0. The Bertz CT molecular complexity index is 821. The van der Waals surface area contributed by atoms with Crippen molar-refractivity contribution < 1.29 is 28.2 Å². The third kappa shape index (κ3) is 4.17. The maximum atomic E-state index is 12.5. The first-order chi connectivity index (χ1) is 12.4. The van der Waals surface area contributed by atoms with E-state index in [0.29, 0.717) is 25.1 Å². The van der Waals surface area contributed by atoms with Crippen molar-refractivity contribution in [2.24, 2.45) is 0 Å². The monoisotopic (exact) mass is 361 g/mol. The molecule has 5 nitrogen and oxygen atoms in total. The van der Waals surface area contributed by atoms with Crippen LogP contribution in [0.1, 0.15) is 27.0 Å². The third-order valence-corrected chi connectivity index (χ3v) is 4.32. The van der Waals surface area contributed by atoms with Gasteiger partial charge in [0.2, 0.25) is 5.91 Å². The van der Waals surface area contributed by atoms with Gasteiger partial charge in [0.05, 0.1) is 12.0 Å². The van der Waals surface area contributed by atoms with Gasteiger partial charge in [-0.05, 0) is 47.4 Å². The van der Waals surface area contributed by atoms with E-state index in [9.17, 15) is 18.4 Å². The number of aromatic carboxylic acids is 1. The first kappa shape index (κ1) is 17.8. The summed E-state index contributed by atoms with van der Waals surface area (Å²) in [6.45, 7) is -1.96. The predicted molar refractivity (Wildman–Crippen MR) is 89.3 cm³/mol. The van der Waals surface area contributed by atoms with Gasteiger partial charge in [-0.2, -0.15) is 8.78 Å². The van der Waals surface area contributed by atoms with Crippen LogP contribution in [0.5, 0.6) is 5.75 Å². The lowest BCUT2D eigenvalue weighted by molar-refractivity contribution is -0.131. The molecule has 1 N–H and O–H groups in total. The summed E-state index contributed by atoms with van der Waals surface area (Å²) in [5, 5.41) is 9.10. The van der Waals surface area contributed by atoms with Gasteiger partial charge < -0.3 is 14.7 Å². The van der Waals surface area contributed by atoms with Gasteiger partial charge in [-0.25, -0.2) is 4.79 Å². The van der Waals surface area contributed by atoms with Crippen LogP contribution in [-0.2, 0) is 24.2 Å². The largest absolute Gasteiger partial charge is 0.478 e. The number of fused-ring (bicyclic) bond motifs is 1. The first-order valence-electron chi connectivity index (χ1n) is 8.09. The number of benzene rings is 2. The van der Waals surface area contributed by atoms with Crippen molar-refractivity contribution in [2.75, 3.05) is 6.54 Å². The molecule has 1 amide bonds. The molecule has 0 bridgehead atoms. The molecule has 26 heavy (non-hydrogen) atoms. The lowest BCUT2D eigenvalue weighted by Gasteiger charge is -2.29. The van der Waals surface area contributed by atoms with Crippen LogP contribution in [0.25, 0.3) is 0 Å². The number of carbonyl (C=O) groups excluding carboxylic acids is 1. The molecule has 2 aromatic rings. The summed E-state index contributed by atoms with van der Waals surface area (Å²) in [6, 6.07) is 10.9. The number of alkyl halides is 2. The Morgan fingerprint density at radius 1 is 1.12 bits per heavy atom. The molecule has 0 radical (unpaired) electrons. The average Bonchev–Trinajstić information content (AvgIpc) is 2.62. The number of hydrogen-bond donors (Lipinski definition) is 1. The smallest absolute Gasteiger partial charge is 0.387 e. The number of halogens is 2. The van der Waals surface area contributed by atoms with Crippen LogP contribution in [0.2, 0.25) is 0 Å². The van der Waals surface area contributed by atoms with Crippen LogP contribution in [0, 0.1) is 0 Å².